The molecule has 0 spiro atoms. The van der Waals surface area contributed by atoms with E-state index in [9.17, 15) is 18.8 Å². The Bertz CT molecular complexity index is 1570. The van der Waals surface area contributed by atoms with Crippen molar-refractivity contribution >= 4 is 11.6 Å². The Balaban J connectivity index is 1.51. The molecule has 4 aromatic rings. The smallest absolute Gasteiger partial charge is 0.277 e. The SMILES string of the molecule is Cc1cccc(C)c1-c1cc(CN(C)C)cc(-c2nc(C)c(C(=O)Nc3cccc(C(F)(F)C4CC4)c3)n2O)c1. The Morgan fingerprint density at radius 3 is 2.33 bits per heavy atom. The molecule has 5 rings (SSSR count). The summed E-state index contributed by atoms with van der Waals surface area (Å²) in [5, 5.41) is 13.8. The molecule has 1 fully saturated rings. The maximum Gasteiger partial charge on any atom is 0.277 e. The van der Waals surface area contributed by atoms with Crippen LogP contribution in [-0.4, -0.2) is 39.8 Å². The molecule has 1 saturated carbocycles. The zero-order valence-corrected chi connectivity index (χ0v) is 23.4. The lowest BCUT2D eigenvalue weighted by molar-refractivity contribution is -0.0285. The number of carbonyl (C=O) groups is 1. The first-order valence-corrected chi connectivity index (χ1v) is 13.4. The average Bonchev–Trinajstić information content (AvgIpc) is 3.69. The van der Waals surface area contributed by atoms with Crippen LogP contribution in [0.3, 0.4) is 0 Å². The average molecular weight is 545 g/mol. The summed E-state index contributed by atoms with van der Waals surface area (Å²) in [6.45, 7) is 6.44. The Hall–Kier alpha value is -4.04. The minimum absolute atomic E-state index is 0.0546. The number of anilines is 1. The monoisotopic (exact) mass is 544 g/mol. The Kier molecular flexibility index (Phi) is 7.23. The summed E-state index contributed by atoms with van der Waals surface area (Å²) in [6.07, 6.45) is 0.992. The predicted molar refractivity (Wildman–Crippen MR) is 153 cm³/mol. The normalized spacial score (nSPS) is 13.6. The Morgan fingerprint density at radius 1 is 1.02 bits per heavy atom. The Morgan fingerprint density at radius 2 is 1.68 bits per heavy atom. The lowest BCUT2D eigenvalue weighted by Crippen LogP contribution is -2.19. The minimum Gasteiger partial charge on any atom is -0.426 e. The first-order valence-electron chi connectivity index (χ1n) is 13.4. The van der Waals surface area contributed by atoms with Crippen LogP contribution < -0.4 is 5.32 Å². The molecule has 1 heterocycles. The highest BCUT2D eigenvalue weighted by atomic mass is 19.3. The minimum atomic E-state index is -2.94. The zero-order valence-electron chi connectivity index (χ0n) is 23.4. The van der Waals surface area contributed by atoms with Crippen LogP contribution in [0, 0.1) is 26.7 Å². The van der Waals surface area contributed by atoms with E-state index in [4.69, 9.17) is 0 Å². The first-order chi connectivity index (χ1) is 19.0. The van der Waals surface area contributed by atoms with E-state index in [-0.39, 0.29) is 22.8 Å². The molecule has 0 saturated heterocycles. The van der Waals surface area contributed by atoms with E-state index in [2.05, 4.69) is 47.2 Å². The van der Waals surface area contributed by atoms with Gasteiger partial charge in [-0.3, -0.25) is 4.79 Å². The molecule has 1 aliphatic rings. The van der Waals surface area contributed by atoms with Crippen molar-refractivity contribution in [1.29, 1.82) is 0 Å². The van der Waals surface area contributed by atoms with E-state index in [0.717, 1.165) is 32.5 Å². The maximum absolute atomic E-state index is 14.6. The van der Waals surface area contributed by atoms with Crippen LogP contribution in [-0.2, 0) is 12.5 Å². The molecule has 1 aromatic heterocycles. The standard InChI is InChI=1S/C32H34F2N4O2/c1-19-8-6-9-20(2)28(19)23-14-22(18-37(4)5)15-24(16-23)30-35-21(3)29(38(30)40)31(39)36-27-11-7-10-26(17-27)32(33,34)25-12-13-25/h6-11,14-17,25,40H,12-13,18H2,1-5H3,(H,36,39). The summed E-state index contributed by atoms with van der Waals surface area (Å²) in [7, 11) is 3.97. The van der Waals surface area contributed by atoms with Crippen LogP contribution in [0.5, 0.6) is 0 Å². The van der Waals surface area contributed by atoms with Crippen LogP contribution >= 0.6 is 0 Å². The van der Waals surface area contributed by atoms with Gasteiger partial charge in [-0.1, -0.05) is 30.3 Å². The molecule has 1 amide bonds. The van der Waals surface area contributed by atoms with Crippen molar-refractivity contribution in [3.05, 3.63) is 94.3 Å². The summed E-state index contributed by atoms with van der Waals surface area (Å²) < 4.78 is 30.1. The van der Waals surface area contributed by atoms with Crippen LogP contribution in [0.15, 0.2) is 60.7 Å². The molecule has 40 heavy (non-hydrogen) atoms. The Labute approximate surface area is 233 Å². The van der Waals surface area contributed by atoms with Gasteiger partial charge in [0.2, 0.25) is 0 Å². The number of rotatable bonds is 8. The lowest BCUT2D eigenvalue weighted by Gasteiger charge is -2.17. The molecule has 0 aliphatic heterocycles. The molecule has 2 N–H and O–H groups in total. The van der Waals surface area contributed by atoms with Gasteiger partial charge in [0.15, 0.2) is 11.5 Å². The third-order valence-corrected chi connectivity index (χ3v) is 7.36. The van der Waals surface area contributed by atoms with Gasteiger partial charge in [0.05, 0.1) is 5.69 Å². The van der Waals surface area contributed by atoms with Crippen LogP contribution in [0.25, 0.3) is 22.5 Å². The van der Waals surface area contributed by atoms with E-state index >= 15 is 0 Å². The predicted octanol–water partition coefficient (Wildman–Crippen LogP) is 7.20. The molecule has 3 aromatic carbocycles. The number of alkyl halides is 2. The topological polar surface area (TPSA) is 70.4 Å². The molecule has 0 unspecified atom stereocenters. The number of imidazole rings is 1. The van der Waals surface area contributed by atoms with Crippen molar-refractivity contribution in [1.82, 2.24) is 14.6 Å². The van der Waals surface area contributed by atoms with Gasteiger partial charge in [0.1, 0.15) is 0 Å². The van der Waals surface area contributed by atoms with Crippen LogP contribution in [0.4, 0.5) is 14.5 Å². The summed E-state index contributed by atoms with van der Waals surface area (Å²) in [5.41, 5.74) is 6.42. The van der Waals surface area contributed by atoms with E-state index in [0.29, 0.717) is 30.6 Å². The largest absolute Gasteiger partial charge is 0.426 e. The third-order valence-electron chi connectivity index (χ3n) is 7.36. The summed E-state index contributed by atoms with van der Waals surface area (Å²) >= 11 is 0. The van der Waals surface area contributed by atoms with Crippen molar-refractivity contribution in [2.45, 2.75) is 46.1 Å². The van der Waals surface area contributed by atoms with Crippen molar-refractivity contribution in [3.63, 3.8) is 0 Å². The van der Waals surface area contributed by atoms with Gasteiger partial charge in [-0.25, -0.2) is 13.8 Å². The molecule has 1 aliphatic carbocycles. The number of nitrogens with one attached hydrogen (secondary N) is 1. The van der Waals surface area contributed by atoms with Gasteiger partial charge in [0, 0.05) is 29.3 Å². The first kappa shape index (κ1) is 27.5. The second kappa shape index (κ2) is 10.5. The number of carbonyl (C=O) groups excluding carboxylic acids is 1. The second-order valence-electron chi connectivity index (χ2n) is 11.0. The molecule has 208 valence electrons. The highest BCUT2D eigenvalue weighted by molar-refractivity contribution is 6.04. The number of hydrogen-bond acceptors (Lipinski definition) is 4. The number of benzene rings is 3. The number of hydrogen-bond donors (Lipinski definition) is 2. The van der Waals surface area contributed by atoms with Gasteiger partial charge in [0.25, 0.3) is 11.8 Å². The van der Waals surface area contributed by atoms with Crippen molar-refractivity contribution < 1.29 is 18.8 Å². The van der Waals surface area contributed by atoms with E-state index in [1.807, 2.05) is 32.3 Å². The van der Waals surface area contributed by atoms with Crippen molar-refractivity contribution in [2.24, 2.45) is 5.92 Å². The highest BCUT2D eigenvalue weighted by Gasteiger charge is 2.48. The van der Waals surface area contributed by atoms with Gasteiger partial charge in [-0.2, -0.15) is 4.73 Å². The lowest BCUT2D eigenvalue weighted by atomic mass is 9.93. The van der Waals surface area contributed by atoms with E-state index < -0.39 is 17.7 Å². The number of halogens is 2. The molecular weight excluding hydrogens is 510 g/mol. The molecule has 6 nitrogen and oxygen atoms in total. The van der Waals surface area contributed by atoms with E-state index in [1.165, 1.54) is 18.2 Å². The van der Waals surface area contributed by atoms with Crippen LogP contribution in [0.2, 0.25) is 0 Å². The second-order valence-corrected chi connectivity index (χ2v) is 11.0. The third kappa shape index (κ3) is 5.36. The number of aryl methyl sites for hydroxylation is 3. The quantitative estimate of drug-likeness (QED) is 0.230. The van der Waals surface area contributed by atoms with Crippen molar-refractivity contribution in [2.75, 3.05) is 19.4 Å². The fourth-order valence-electron chi connectivity index (χ4n) is 5.33. The number of nitrogens with zero attached hydrogens (tertiary/aromatic N) is 3. The summed E-state index contributed by atoms with van der Waals surface area (Å²) in [4.78, 5) is 19.9. The molecular formula is C32H34F2N4O2. The zero-order chi connectivity index (χ0) is 28.8. The molecule has 8 heteroatoms. The molecule has 0 bridgehead atoms. The summed E-state index contributed by atoms with van der Waals surface area (Å²) in [5.74, 6) is -4.00. The van der Waals surface area contributed by atoms with Crippen molar-refractivity contribution in [3.8, 4) is 22.5 Å². The van der Waals surface area contributed by atoms with Gasteiger partial charge in [-0.15, -0.1) is 0 Å². The fraction of sp³-hybridized carbons (Fsp3) is 0.312. The summed E-state index contributed by atoms with van der Waals surface area (Å²) in [6, 6.07) is 17.9. The fourth-order valence-corrected chi connectivity index (χ4v) is 5.33. The van der Waals surface area contributed by atoms with Gasteiger partial charge >= 0.3 is 0 Å². The molecule has 0 radical (unpaired) electrons. The maximum atomic E-state index is 14.6. The van der Waals surface area contributed by atoms with Crippen LogP contribution in [0.1, 0.15) is 51.3 Å². The van der Waals surface area contributed by atoms with Gasteiger partial charge in [-0.05, 0) is 106 Å². The van der Waals surface area contributed by atoms with Gasteiger partial charge < -0.3 is 15.4 Å². The highest BCUT2D eigenvalue weighted by Crippen LogP contribution is 2.50. The number of amides is 1. The molecule has 0 atom stereocenters. The number of aromatic nitrogens is 2. The van der Waals surface area contributed by atoms with E-state index in [1.54, 1.807) is 13.0 Å².